The van der Waals surface area contributed by atoms with E-state index in [1.54, 1.807) is 0 Å². The summed E-state index contributed by atoms with van der Waals surface area (Å²) in [5.74, 6) is 0.843. The van der Waals surface area contributed by atoms with Gasteiger partial charge in [-0.15, -0.1) is 0 Å². The molecule has 1 saturated heterocycles. The zero-order valence-corrected chi connectivity index (χ0v) is 7.26. The quantitative estimate of drug-likeness (QED) is 0.605. The first-order valence-electron chi connectivity index (χ1n) is 4.00. The first-order chi connectivity index (χ1) is 4.66. The molecule has 0 aromatic heterocycles. The fourth-order valence-electron chi connectivity index (χ4n) is 0.354. The van der Waals surface area contributed by atoms with Crippen molar-refractivity contribution in [1.29, 1.82) is 0 Å². The third-order valence-electron chi connectivity index (χ3n) is 1.45. The minimum Gasteiger partial charge on any atom is -0.381 e. The molecule has 62 valence electrons. The molecule has 2 nitrogen and oxygen atoms in total. The molecule has 10 heavy (non-hydrogen) atoms. The second-order valence-corrected chi connectivity index (χ2v) is 3.03. The standard InChI is InChI=1S/C4H11N.C4H8O/c1-3-4(2)5;1-4-2-5-3-4/h4H,3,5H2,1-2H3;4H,2-3H2,1H3. The van der Waals surface area contributed by atoms with Crippen molar-refractivity contribution < 1.29 is 4.74 Å². The minimum absolute atomic E-state index is 0.384. The van der Waals surface area contributed by atoms with Crippen LogP contribution in [0.2, 0.25) is 0 Å². The highest BCUT2D eigenvalue weighted by molar-refractivity contribution is 4.56. The molecule has 1 rings (SSSR count). The number of rotatable bonds is 1. The fourth-order valence-corrected chi connectivity index (χ4v) is 0.354. The van der Waals surface area contributed by atoms with Crippen LogP contribution in [0.4, 0.5) is 0 Å². The second kappa shape index (κ2) is 5.69. The third kappa shape index (κ3) is 6.05. The molecule has 1 unspecified atom stereocenters. The molecule has 1 aliphatic heterocycles. The molecule has 1 aliphatic rings. The Kier molecular flexibility index (Phi) is 5.64. The summed E-state index contributed by atoms with van der Waals surface area (Å²) in [4.78, 5) is 0. The average molecular weight is 145 g/mol. The lowest BCUT2D eigenvalue weighted by Gasteiger charge is -2.20. The largest absolute Gasteiger partial charge is 0.381 e. The molecule has 0 amide bonds. The Morgan fingerprint density at radius 2 is 1.90 bits per heavy atom. The van der Waals surface area contributed by atoms with Crippen LogP contribution in [0.15, 0.2) is 0 Å². The summed E-state index contributed by atoms with van der Waals surface area (Å²) >= 11 is 0. The molecule has 0 saturated carbocycles. The molecule has 0 radical (unpaired) electrons. The van der Waals surface area contributed by atoms with E-state index in [2.05, 4.69) is 13.8 Å². The van der Waals surface area contributed by atoms with E-state index in [9.17, 15) is 0 Å². The van der Waals surface area contributed by atoms with E-state index in [1.165, 1.54) is 0 Å². The maximum absolute atomic E-state index is 5.29. The van der Waals surface area contributed by atoms with Crippen molar-refractivity contribution in [2.45, 2.75) is 33.2 Å². The molecule has 0 spiro atoms. The van der Waals surface area contributed by atoms with Gasteiger partial charge in [0.15, 0.2) is 0 Å². The lowest BCUT2D eigenvalue weighted by atomic mass is 10.2. The van der Waals surface area contributed by atoms with Crippen molar-refractivity contribution in [3.8, 4) is 0 Å². The van der Waals surface area contributed by atoms with Crippen LogP contribution in [0, 0.1) is 5.92 Å². The molecule has 1 atom stereocenters. The van der Waals surface area contributed by atoms with Gasteiger partial charge in [-0.25, -0.2) is 0 Å². The first-order valence-corrected chi connectivity index (χ1v) is 4.00. The zero-order valence-electron chi connectivity index (χ0n) is 7.26. The van der Waals surface area contributed by atoms with Crippen LogP contribution in [-0.2, 0) is 4.74 Å². The van der Waals surface area contributed by atoms with Crippen LogP contribution in [-0.4, -0.2) is 19.3 Å². The third-order valence-corrected chi connectivity index (χ3v) is 1.45. The minimum atomic E-state index is 0.384. The van der Waals surface area contributed by atoms with Crippen LogP contribution < -0.4 is 5.73 Å². The summed E-state index contributed by atoms with van der Waals surface area (Å²) in [6.45, 7) is 8.23. The normalized spacial score (nSPS) is 20.4. The molecule has 0 bridgehead atoms. The fraction of sp³-hybridized carbons (Fsp3) is 1.00. The smallest absolute Gasteiger partial charge is 0.0513 e. The SMILES string of the molecule is CC1COC1.CCC(C)N. The van der Waals surface area contributed by atoms with E-state index in [4.69, 9.17) is 10.5 Å². The Morgan fingerprint density at radius 3 is 1.90 bits per heavy atom. The monoisotopic (exact) mass is 145 g/mol. The highest BCUT2D eigenvalue weighted by Gasteiger charge is 2.09. The van der Waals surface area contributed by atoms with Crippen LogP contribution in [0.25, 0.3) is 0 Å². The van der Waals surface area contributed by atoms with E-state index in [0.29, 0.717) is 6.04 Å². The average Bonchev–Trinajstić information content (AvgIpc) is 1.85. The van der Waals surface area contributed by atoms with E-state index in [1.807, 2.05) is 6.92 Å². The van der Waals surface area contributed by atoms with Gasteiger partial charge in [-0.3, -0.25) is 0 Å². The van der Waals surface area contributed by atoms with Crippen LogP contribution >= 0.6 is 0 Å². The summed E-state index contributed by atoms with van der Waals surface area (Å²) in [6.07, 6.45) is 1.08. The van der Waals surface area contributed by atoms with Crippen LogP contribution in [0.5, 0.6) is 0 Å². The van der Waals surface area contributed by atoms with E-state index in [-0.39, 0.29) is 0 Å². The van der Waals surface area contributed by atoms with Gasteiger partial charge in [-0.2, -0.15) is 0 Å². The molecule has 0 aliphatic carbocycles. The number of nitrogens with two attached hydrogens (primary N) is 1. The zero-order chi connectivity index (χ0) is 7.98. The number of hydrogen-bond donors (Lipinski definition) is 1. The maximum atomic E-state index is 5.29. The van der Waals surface area contributed by atoms with Gasteiger partial charge in [-0.1, -0.05) is 13.8 Å². The Balaban J connectivity index is 0.000000162. The lowest BCUT2D eigenvalue weighted by molar-refractivity contribution is -0.0221. The first kappa shape index (κ1) is 9.92. The predicted molar refractivity (Wildman–Crippen MR) is 43.9 cm³/mol. The van der Waals surface area contributed by atoms with Gasteiger partial charge in [0.1, 0.15) is 0 Å². The highest BCUT2D eigenvalue weighted by Crippen LogP contribution is 2.05. The van der Waals surface area contributed by atoms with Gasteiger partial charge in [-0.05, 0) is 13.3 Å². The predicted octanol–water partition coefficient (Wildman–Crippen LogP) is 1.40. The summed E-state index contributed by atoms with van der Waals surface area (Å²) in [6, 6.07) is 0.384. The van der Waals surface area contributed by atoms with Gasteiger partial charge in [0.05, 0.1) is 13.2 Å². The summed E-state index contributed by atoms with van der Waals surface area (Å²) in [5.41, 5.74) is 5.29. The van der Waals surface area contributed by atoms with Crippen LogP contribution in [0.1, 0.15) is 27.2 Å². The molecule has 2 heteroatoms. The second-order valence-electron chi connectivity index (χ2n) is 3.03. The van der Waals surface area contributed by atoms with Gasteiger partial charge >= 0.3 is 0 Å². The van der Waals surface area contributed by atoms with Crippen molar-refractivity contribution in [2.75, 3.05) is 13.2 Å². The number of ether oxygens (including phenoxy) is 1. The lowest BCUT2D eigenvalue weighted by Crippen LogP contribution is -2.23. The molecule has 2 N–H and O–H groups in total. The molecule has 0 aromatic rings. The summed E-state index contributed by atoms with van der Waals surface area (Å²) < 4.78 is 4.83. The molecular formula is C8H19NO. The molecular weight excluding hydrogens is 126 g/mol. The van der Waals surface area contributed by atoms with Crippen molar-refractivity contribution in [3.05, 3.63) is 0 Å². The van der Waals surface area contributed by atoms with Gasteiger partial charge in [0.25, 0.3) is 0 Å². The van der Waals surface area contributed by atoms with Gasteiger partial charge < -0.3 is 10.5 Å². The van der Waals surface area contributed by atoms with E-state index < -0.39 is 0 Å². The molecule has 1 heterocycles. The topological polar surface area (TPSA) is 35.2 Å². The van der Waals surface area contributed by atoms with Crippen molar-refractivity contribution in [1.82, 2.24) is 0 Å². The summed E-state index contributed by atoms with van der Waals surface area (Å²) in [7, 11) is 0. The highest BCUT2D eigenvalue weighted by atomic mass is 16.5. The van der Waals surface area contributed by atoms with Gasteiger partial charge in [0.2, 0.25) is 0 Å². The Bertz CT molecular complexity index is 65.7. The Hall–Kier alpha value is -0.0800. The van der Waals surface area contributed by atoms with E-state index >= 15 is 0 Å². The van der Waals surface area contributed by atoms with Gasteiger partial charge in [0, 0.05) is 12.0 Å². The van der Waals surface area contributed by atoms with Crippen LogP contribution in [0.3, 0.4) is 0 Å². The molecule has 1 fully saturated rings. The van der Waals surface area contributed by atoms with E-state index in [0.717, 1.165) is 25.6 Å². The van der Waals surface area contributed by atoms with Crippen molar-refractivity contribution in [3.63, 3.8) is 0 Å². The van der Waals surface area contributed by atoms with Crippen molar-refractivity contribution in [2.24, 2.45) is 11.7 Å². The Labute approximate surface area is 63.7 Å². The number of hydrogen-bond acceptors (Lipinski definition) is 2. The Morgan fingerprint density at radius 1 is 1.60 bits per heavy atom. The maximum Gasteiger partial charge on any atom is 0.0513 e. The molecule has 0 aromatic carbocycles. The summed E-state index contributed by atoms with van der Waals surface area (Å²) in [5, 5.41) is 0. The van der Waals surface area contributed by atoms with Crippen molar-refractivity contribution >= 4 is 0 Å².